The standard InChI is InChI=1S/C22H44/c1-5-6-7-8-9-10-11-12-13-14-15-16-19-22(4)20-17-18-21(2)3/h18,22H,5-17,19-20H2,1-4H3/t22-/m1/s1. The van der Waals surface area contributed by atoms with Crippen LogP contribution in [0, 0.1) is 5.92 Å². The van der Waals surface area contributed by atoms with Gasteiger partial charge in [-0.15, -0.1) is 0 Å². The van der Waals surface area contributed by atoms with Gasteiger partial charge >= 0.3 is 0 Å². The quantitative estimate of drug-likeness (QED) is 0.198. The van der Waals surface area contributed by atoms with Gasteiger partial charge in [-0.1, -0.05) is 109 Å². The number of allylic oxidation sites excluding steroid dienone is 2. The van der Waals surface area contributed by atoms with E-state index in [0.717, 1.165) is 5.92 Å². The van der Waals surface area contributed by atoms with Gasteiger partial charge in [-0.05, 0) is 32.6 Å². The molecule has 0 heterocycles. The van der Waals surface area contributed by atoms with Crippen LogP contribution in [-0.2, 0) is 0 Å². The van der Waals surface area contributed by atoms with Crippen molar-refractivity contribution < 1.29 is 0 Å². The van der Waals surface area contributed by atoms with Crippen LogP contribution in [0.2, 0.25) is 0 Å². The van der Waals surface area contributed by atoms with Crippen molar-refractivity contribution in [3.8, 4) is 0 Å². The van der Waals surface area contributed by atoms with Gasteiger partial charge in [0.15, 0.2) is 0 Å². The Kier molecular flexibility index (Phi) is 16.9. The van der Waals surface area contributed by atoms with E-state index in [2.05, 4.69) is 33.8 Å². The van der Waals surface area contributed by atoms with Crippen LogP contribution >= 0.6 is 0 Å². The fourth-order valence-electron chi connectivity index (χ4n) is 3.13. The van der Waals surface area contributed by atoms with E-state index in [1.807, 2.05) is 0 Å². The lowest BCUT2D eigenvalue weighted by atomic mass is 9.97. The Hall–Kier alpha value is -0.260. The Morgan fingerprint density at radius 3 is 1.59 bits per heavy atom. The van der Waals surface area contributed by atoms with E-state index in [-0.39, 0.29) is 0 Å². The zero-order valence-corrected chi connectivity index (χ0v) is 16.3. The highest BCUT2D eigenvalue weighted by atomic mass is 14.1. The van der Waals surface area contributed by atoms with E-state index in [1.54, 1.807) is 0 Å². The summed E-state index contributed by atoms with van der Waals surface area (Å²) in [7, 11) is 0. The summed E-state index contributed by atoms with van der Waals surface area (Å²) < 4.78 is 0. The highest BCUT2D eigenvalue weighted by Crippen LogP contribution is 2.17. The van der Waals surface area contributed by atoms with Crippen LogP contribution in [0.15, 0.2) is 11.6 Å². The number of unbranched alkanes of at least 4 members (excludes halogenated alkanes) is 11. The molecule has 1 atom stereocenters. The molecule has 0 N–H and O–H groups in total. The van der Waals surface area contributed by atoms with Crippen molar-refractivity contribution in [2.45, 2.75) is 124 Å². The summed E-state index contributed by atoms with van der Waals surface area (Å²) in [4.78, 5) is 0. The Morgan fingerprint density at radius 1 is 0.682 bits per heavy atom. The summed E-state index contributed by atoms with van der Waals surface area (Å²) in [6.07, 6.45) is 24.0. The highest BCUT2D eigenvalue weighted by Gasteiger charge is 2.01. The third kappa shape index (κ3) is 17.8. The molecule has 0 saturated heterocycles. The van der Waals surface area contributed by atoms with Crippen LogP contribution in [0.3, 0.4) is 0 Å². The summed E-state index contributed by atoms with van der Waals surface area (Å²) in [5, 5.41) is 0. The number of rotatable bonds is 16. The van der Waals surface area contributed by atoms with E-state index in [4.69, 9.17) is 0 Å². The van der Waals surface area contributed by atoms with Crippen molar-refractivity contribution in [3.05, 3.63) is 11.6 Å². The Bertz CT molecular complexity index is 234. The Labute approximate surface area is 142 Å². The first-order valence-electron chi connectivity index (χ1n) is 10.3. The van der Waals surface area contributed by atoms with Gasteiger partial charge in [-0.2, -0.15) is 0 Å². The highest BCUT2D eigenvalue weighted by molar-refractivity contribution is 4.92. The Balaban J connectivity index is 3.15. The second-order valence-corrected chi connectivity index (χ2v) is 7.64. The summed E-state index contributed by atoms with van der Waals surface area (Å²) in [6.45, 7) is 9.13. The molecule has 0 aromatic carbocycles. The van der Waals surface area contributed by atoms with Crippen molar-refractivity contribution in [1.29, 1.82) is 0 Å². The summed E-state index contributed by atoms with van der Waals surface area (Å²) in [5.74, 6) is 0.915. The summed E-state index contributed by atoms with van der Waals surface area (Å²) in [5.41, 5.74) is 1.47. The van der Waals surface area contributed by atoms with E-state index < -0.39 is 0 Å². The topological polar surface area (TPSA) is 0 Å². The molecule has 0 aliphatic rings. The minimum absolute atomic E-state index is 0.915. The van der Waals surface area contributed by atoms with Gasteiger partial charge in [0.25, 0.3) is 0 Å². The molecular weight excluding hydrogens is 264 g/mol. The van der Waals surface area contributed by atoms with Crippen LogP contribution in [0.1, 0.15) is 124 Å². The first kappa shape index (κ1) is 21.7. The second-order valence-electron chi connectivity index (χ2n) is 7.64. The SMILES string of the molecule is CCCCCCCCCCCCCC[C@@H](C)CCC=C(C)C. The third-order valence-electron chi connectivity index (χ3n) is 4.76. The molecule has 0 fully saturated rings. The molecule has 0 aliphatic carbocycles. The summed E-state index contributed by atoms with van der Waals surface area (Å²) in [6, 6.07) is 0. The van der Waals surface area contributed by atoms with E-state index in [9.17, 15) is 0 Å². The minimum Gasteiger partial charge on any atom is -0.0859 e. The molecule has 0 unspecified atom stereocenters. The number of hydrogen-bond donors (Lipinski definition) is 0. The van der Waals surface area contributed by atoms with Crippen molar-refractivity contribution in [2.75, 3.05) is 0 Å². The van der Waals surface area contributed by atoms with Gasteiger partial charge in [-0.3, -0.25) is 0 Å². The predicted molar refractivity (Wildman–Crippen MR) is 104 cm³/mol. The average molecular weight is 309 g/mol. The van der Waals surface area contributed by atoms with Crippen molar-refractivity contribution in [3.63, 3.8) is 0 Å². The molecule has 0 nitrogen and oxygen atoms in total. The average Bonchev–Trinajstić information content (AvgIpc) is 2.48. The van der Waals surface area contributed by atoms with E-state index in [0.29, 0.717) is 0 Å². The largest absolute Gasteiger partial charge is 0.0859 e. The second kappa shape index (κ2) is 17.1. The van der Waals surface area contributed by atoms with Crippen LogP contribution in [-0.4, -0.2) is 0 Å². The molecular formula is C22H44. The molecule has 0 aromatic rings. The van der Waals surface area contributed by atoms with Crippen LogP contribution in [0.4, 0.5) is 0 Å². The summed E-state index contributed by atoms with van der Waals surface area (Å²) >= 11 is 0. The molecule has 0 spiro atoms. The fourth-order valence-corrected chi connectivity index (χ4v) is 3.13. The smallest absolute Gasteiger partial charge is 0.0346 e. The Morgan fingerprint density at radius 2 is 1.14 bits per heavy atom. The van der Waals surface area contributed by atoms with Crippen LogP contribution in [0.25, 0.3) is 0 Å². The van der Waals surface area contributed by atoms with Gasteiger partial charge in [0, 0.05) is 0 Å². The van der Waals surface area contributed by atoms with E-state index >= 15 is 0 Å². The molecule has 0 saturated carbocycles. The van der Waals surface area contributed by atoms with Gasteiger partial charge in [0.2, 0.25) is 0 Å². The maximum atomic E-state index is 2.43. The van der Waals surface area contributed by atoms with Gasteiger partial charge < -0.3 is 0 Å². The molecule has 0 radical (unpaired) electrons. The zero-order chi connectivity index (χ0) is 16.5. The number of hydrogen-bond acceptors (Lipinski definition) is 0. The molecule has 22 heavy (non-hydrogen) atoms. The van der Waals surface area contributed by atoms with Gasteiger partial charge in [-0.25, -0.2) is 0 Å². The van der Waals surface area contributed by atoms with Crippen LogP contribution in [0.5, 0.6) is 0 Å². The first-order valence-corrected chi connectivity index (χ1v) is 10.3. The molecule has 0 aromatic heterocycles. The lowest BCUT2D eigenvalue weighted by Gasteiger charge is -2.09. The van der Waals surface area contributed by atoms with Crippen LogP contribution < -0.4 is 0 Å². The van der Waals surface area contributed by atoms with Crippen molar-refractivity contribution in [2.24, 2.45) is 5.92 Å². The van der Waals surface area contributed by atoms with E-state index in [1.165, 1.54) is 102 Å². The monoisotopic (exact) mass is 308 g/mol. The third-order valence-corrected chi connectivity index (χ3v) is 4.76. The minimum atomic E-state index is 0.915. The van der Waals surface area contributed by atoms with Gasteiger partial charge in [0.05, 0.1) is 0 Å². The molecule has 0 rings (SSSR count). The maximum Gasteiger partial charge on any atom is -0.0346 e. The molecule has 0 amide bonds. The zero-order valence-electron chi connectivity index (χ0n) is 16.3. The van der Waals surface area contributed by atoms with Crippen molar-refractivity contribution >= 4 is 0 Å². The van der Waals surface area contributed by atoms with Gasteiger partial charge in [0.1, 0.15) is 0 Å². The molecule has 0 heteroatoms. The lowest BCUT2D eigenvalue weighted by Crippen LogP contribution is -1.94. The molecule has 132 valence electrons. The lowest BCUT2D eigenvalue weighted by molar-refractivity contribution is 0.456. The molecule has 0 bridgehead atoms. The first-order chi connectivity index (χ1) is 10.7. The molecule has 0 aliphatic heterocycles. The normalized spacial score (nSPS) is 12.4. The predicted octanol–water partition coefficient (Wildman–Crippen LogP) is 8.46. The van der Waals surface area contributed by atoms with Crippen molar-refractivity contribution in [1.82, 2.24) is 0 Å². The maximum absolute atomic E-state index is 2.43. The fraction of sp³-hybridized carbons (Fsp3) is 0.909.